The SMILES string of the molecule is Cc1cc(N)cc(C)c1OCc1ccnc2ccccc12. The number of ether oxygens (including phenoxy) is 1. The van der Waals surface area contributed by atoms with E-state index in [4.69, 9.17) is 10.5 Å². The number of nitrogen functional groups attached to an aromatic ring is 1. The van der Waals surface area contributed by atoms with Gasteiger partial charge in [0.05, 0.1) is 5.52 Å². The highest BCUT2D eigenvalue weighted by Gasteiger charge is 2.07. The first-order valence-electron chi connectivity index (χ1n) is 6.97. The minimum atomic E-state index is 0.522. The first kappa shape index (κ1) is 13.4. The Morgan fingerprint density at radius 2 is 1.76 bits per heavy atom. The van der Waals surface area contributed by atoms with Gasteiger partial charge in [-0.2, -0.15) is 0 Å². The number of para-hydroxylation sites is 1. The summed E-state index contributed by atoms with van der Waals surface area (Å²) in [5.41, 5.74) is 10.9. The zero-order valence-electron chi connectivity index (χ0n) is 12.3. The molecule has 21 heavy (non-hydrogen) atoms. The van der Waals surface area contributed by atoms with Crippen LogP contribution in [0.4, 0.5) is 5.69 Å². The number of benzene rings is 2. The number of hydrogen-bond acceptors (Lipinski definition) is 3. The van der Waals surface area contributed by atoms with Gasteiger partial charge in [-0.1, -0.05) is 18.2 Å². The summed E-state index contributed by atoms with van der Waals surface area (Å²) in [6.45, 7) is 4.56. The molecule has 0 aliphatic heterocycles. The summed E-state index contributed by atoms with van der Waals surface area (Å²) in [5, 5.41) is 1.13. The van der Waals surface area contributed by atoms with Crippen LogP contribution in [0, 0.1) is 13.8 Å². The molecule has 0 aliphatic rings. The fourth-order valence-electron chi connectivity index (χ4n) is 2.64. The highest BCUT2D eigenvalue weighted by Crippen LogP contribution is 2.27. The minimum absolute atomic E-state index is 0.522. The first-order valence-corrected chi connectivity index (χ1v) is 6.97. The predicted octanol–water partition coefficient (Wildman–Crippen LogP) is 4.01. The van der Waals surface area contributed by atoms with Crippen molar-refractivity contribution >= 4 is 16.6 Å². The van der Waals surface area contributed by atoms with Gasteiger partial charge >= 0.3 is 0 Å². The van der Waals surface area contributed by atoms with Crippen LogP contribution in [0.1, 0.15) is 16.7 Å². The maximum absolute atomic E-state index is 6.03. The quantitative estimate of drug-likeness (QED) is 0.736. The Labute approximate surface area is 124 Å². The first-order chi connectivity index (χ1) is 10.1. The van der Waals surface area contributed by atoms with E-state index in [0.29, 0.717) is 6.61 Å². The van der Waals surface area contributed by atoms with Gasteiger partial charge in [-0.3, -0.25) is 4.98 Å². The van der Waals surface area contributed by atoms with Crippen LogP contribution in [0.5, 0.6) is 5.75 Å². The van der Waals surface area contributed by atoms with E-state index >= 15 is 0 Å². The molecule has 0 aliphatic carbocycles. The van der Waals surface area contributed by atoms with Gasteiger partial charge in [0, 0.05) is 22.8 Å². The van der Waals surface area contributed by atoms with Gasteiger partial charge in [0.2, 0.25) is 0 Å². The number of nitrogens with zero attached hydrogens (tertiary/aromatic N) is 1. The van der Waals surface area contributed by atoms with Gasteiger partial charge in [0.25, 0.3) is 0 Å². The lowest BCUT2D eigenvalue weighted by Crippen LogP contribution is -2.01. The molecule has 0 amide bonds. The number of anilines is 1. The lowest BCUT2D eigenvalue weighted by Gasteiger charge is -2.14. The molecule has 0 unspecified atom stereocenters. The van der Waals surface area contributed by atoms with Crippen molar-refractivity contribution in [2.45, 2.75) is 20.5 Å². The molecule has 0 radical (unpaired) electrons. The van der Waals surface area contributed by atoms with Crippen LogP contribution in [0.2, 0.25) is 0 Å². The molecule has 0 bridgehead atoms. The Kier molecular flexibility index (Phi) is 3.48. The summed E-state index contributed by atoms with van der Waals surface area (Å²) in [4.78, 5) is 4.37. The Morgan fingerprint density at radius 1 is 1.05 bits per heavy atom. The molecule has 3 nitrogen and oxygen atoms in total. The molecule has 0 spiro atoms. The molecule has 106 valence electrons. The van der Waals surface area contributed by atoms with Gasteiger partial charge in [-0.05, 0) is 49.2 Å². The zero-order chi connectivity index (χ0) is 14.8. The standard InChI is InChI=1S/C18H18N2O/c1-12-9-15(19)10-13(2)18(12)21-11-14-7-8-20-17-6-4-3-5-16(14)17/h3-10H,11,19H2,1-2H3. The van der Waals surface area contributed by atoms with E-state index in [0.717, 1.165) is 39.0 Å². The number of hydrogen-bond donors (Lipinski definition) is 1. The predicted molar refractivity (Wildman–Crippen MR) is 86.4 cm³/mol. The Morgan fingerprint density at radius 3 is 2.52 bits per heavy atom. The molecular formula is C18H18N2O. The van der Waals surface area contributed by atoms with Crippen molar-refractivity contribution in [2.75, 3.05) is 5.73 Å². The van der Waals surface area contributed by atoms with Crippen LogP contribution in [-0.4, -0.2) is 4.98 Å². The van der Waals surface area contributed by atoms with E-state index < -0.39 is 0 Å². The molecule has 0 saturated carbocycles. The molecule has 0 saturated heterocycles. The monoisotopic (exact) mass is 278 g/mol. The summed E-state index contributed by atoms with van der Waals surface area (Å²) in [5.74, 6) is 0.907. The average molecular weight is 278 g/mol. The van der Waals surface area contributed by atoms with Crippen molar-refractivity contribution in [3.05, 3.63) is 65.4 Å². The van der Waals surface area contributed by atoms with E-state index in [1.54, 1.807) is 0 Å². The molecule has 3 rings (SSSR count). The Balaban J connectivity index is 1.91. The van der Waals surface area contributed by atoms with Crippen LogP contribution in [0.3, 0.4) is 0 Å². The molecule has 1 heterocycles. The van der Waals surface area contributed by atoms with Crippen LogP contribution in [0.25, 0.3) is 10.9 Å². The second kappa shape index (κ2) is 5.44. The Hall–Kier alpha value is -2.55. The number of nitrogens with two attached hydrogens (primary N) is 1. The molecular weight excluding hydrogens is 260 g/mol. The molecule has 2 aromatic carbocycles. The van der Waals surface area contributed by atoms with Gasteiger partial charge in [0.15, 0.2) is 0 Å². The second-order valence-electron chi connectivity index (χ2n) is 5.26. The number of aromatic nitrogens is 1. The molecule has 2 N–H and O–H groups in total. The number of rotatable bonds is 3. The summed E-state index contributed by atoms with van der Waals surface area (Å²) in [6.07, 6.45) is 1.82. The summed E-state index contributed by atoms with van der Waals surface area (Å²) < 4.78 is 6.03. The number of pyridine rings is 1. The fourth-order valence-corrected chi connectivity index (χ4v) is 2.64. The third kappa shape index (κ3) is 2.68. The van der Waals surface area contributed by atoms with Crippen molar-refractivity contribution in [3.63, 3.8) is 0 Å². The summed E-state index contributed by atoms with van der Waals surface area (Å²) >= 11 is 0. The topological polar surface area (TPSA) is 48.1 Å². The number of fused-ring (bicyclic) bond motifs is 1. The second-order valence-corrected chi connectivity index (χ2v) is 5.26. The van der Waals surface area contributed by atoms with Crippen LogP contribution in [0.15, 0.2) is 48.7 Å². The van der Waals surface area contributed by atoms with E-state index in [2.05, 4.69) is 11.1 Å². The summed E-state index contributed by atoms with van der Waals surface area (Å²) in [6, 6.07) is 14.0. The maximum atomic E-state index is 6.03. The van der Waals surface area contributed by atoms with E-state index in [9.17, 15) is 0 Å². The normalized spacial score (nSPS) is 10.8. The molecule has 3 heteroatoms. The lowest BCUT2D eigenvalue weighted by molar-refractivity contribution is 0.303. The maximum Gasteiger partial charge on any atom is 0.125 e. The van der Waals surface area contributed by atoms with Crippen molar-refractivity contribution < 1.29 is 4.74 Å². The largest absolute Gasteiger partial charge is 0.488 e. The van der Waals surface area contributed by atoms with Gasteiger partial charge < -0.3 is 10.5 Å². The average Bonchev–Trinajstić information content (AvgIpc) is 2.46. The van der Waals surface area contributed by atoms with Gasteiger partial charge in [0.1, 0.15) is 12.4 Å². The lowest BCUT2D eigenvalue weighted by atomic mass is 10.1. The van der Waals surface area contributed by atoms with Crippen LogP contribution < -0.4 is 10.5 Å². The molecule has 0 fully saturated rings. The molecule has 3 aromatic rings. The van der Waals surface area contributed by atoms with Gasteiger partial charge in [-0.15, -0.1) is 0 Å². The smallest absolute Gasteiger partial charge is 0.125 e. The van der Waals surface area contributed by atoms with Crippen LogP contribution in [-0.2, 0) is 6.61 Å². The highest BCUT2D eigenvalue weighted by atomic mass is 16.5. The summed E-state index contributed by atoms with van der Waals surface area (Å²) in [7, 11) is 0. The van der Waals surface area contributed by atoms with Crippen molar-refractivity contribution in [1.82, 2.24) is 4.98 Å². The number of aryl methyl sites for hydroxylation is 2. The Bertz CT molecular complexity index is 768. The van der Waals surface area contributed by atoms with E-state index in [1.807, 2.05) is 56.4 Å². The van der Waals surface area contributed by atoms with E-state index in [-0.39, 0.29) is 0 Å². The molecule has 1 aromatic heterocycles. The highest BCUT2D eigenvalue weighted by molar-refractivity contribution is 5.81. The van der Waals surface area contributed by atoms with Crippen molar-refractivity contribution in [1.29, 1.82) is 0 Å². The fraction of sp³-hybridized carbons (Fsp3) is 0.167. The van der Waals surface area contributed by atoms with Crippen LogP contribution >= 0.6 is 0 Å². The third-order valence-electron chi connectivity index (χ3n) is 3.59. The van der Waals surface area contributed by atoms with Crippen molar-refractivity contribution in [3.8, 4) is 5.75 Å². The minimum Gasteiger partial charge on any atom is -0.488 e. The molecule has 0 atom stereocenters. The third-order valence-corrected chi connectivity index (χ3v) is 3.59. The van der Waals surface area contributed by atoms with E-state index in [1.165, 1.54) is 0 Å². The zero-order valence-corrected chi connectivity index (χ0v) is 12.3. The van der Waals surface area contributed by atoms with Crippen molar-refractivity contribution in [2.24, 2.45) is 0 Å². The van der Waals surface area contributed by atoms with Gasteiger partial charge in [-0.25, -0.2) is 0 Å².